The van der Waals surface area contributed by atoms with Crippen molar-refractivity contribution in [2.45, 2.75) is 6.42 Å². The van der Waals surface area contributed by atoms with Gasteiger partial charge in [0.1, 0.15) is 11.8 Å². The molecule has 3 rings (SSSR count). The number of nitrogens with zero attached hydrogens (tertiary/aromatic N) is 4. The third-order valence-corrected chi connectivity index (χ3v) is 2.72. The molecule has 1 fully saturated rings. The zero-order valence-electron chi connectivity index (χ0n) is 8.54. The summed E-state index contributed by atoms with van der Waals surface area (Å²) in [6.45, 7) is 0.210. The molecule has 1 aliphatic rings. The normalized spacial score (nSPS) is 21.8. The van der Waals surface area contributed by atoms with Crippen LogP contribution in [0.25, 0.3) is 17.4 Å². The Morgan fingerprint density at radius 1 is 1.56 bits per heavy atom. The first-order chi connectivity index (χ1) is 7.78. The van der Waals surface area contributed by atoms with Crippen LogP contribution in [0.3, 0.4) is 0 Å². The number of hydrogen-bond acceptors (Lipinski definition) is 5. The Labute approximate surface area is 91.5 Å². The molecule has 0 amide bonds. The lowest BCUT2D eigenvalue weighted by Crippen LogP contribution is -1.94. The van der Waals surface area contributed by atoms with E-state index in [1.54, 1.807) is 12.5 Å². The van der Waals surface area contributed by atoms with Gasteiger partial charge < -0.3 is 15.4 Å². The van der Waals surface area contributed by atoms with Crippen LogP contribution in [0.4, 0.5) is 5.95 Å². The molecule has 1 aliphatic carbocycles. The molecule has 2 aromatic rings. The van der Waals surface area contributed by atoms with E-state index in [0.717, 1.165) is 11.9 Å². The fourth-order valence-electron chi connectivity index (χ4n) is 1.68. The predicted molar refractivity (Wildman–Crippen MR) is 59.2 cm³/mol. The maximum Gasteiger partial charge on any atom is 0.222 e. The van der Waals surface area contributed by atoms with Crippen molar-refractivity contribution < 1.29 is 5.11 Å². The van der Waals surface area contributed by atoms with Gasteiger partial charge in [-0.3, -0.25) is 0 Å². The molecule has 0 aromatic carbocycles. The summed E-state index contributed by atoms with van der Waals surface area (Å²) in [4.78, 5) is 12.1. The second-order valence-electron chi connectivity index (χ2n) is 3.88. The Balaban J connectivity index is 2.02. The molecule has 0 bridgehead atoms. The largest absolute Gasteiger partial charge is 0.396 e. The molecule has 0 saturated heterocycles. The molecule has 6 nitrogen and oxygen atoms in total. The van der Waals surface area contributed by atoms with Gasteiger partial charge in [0.15, 0.2) is 5.65 Å². The Bertz CT molecular complexity index is 574. The Kier molecular flexibility index (Phi) is 1.90. The molecule has 3 N–H and O–H groups in total. The minimum absolute atomic E-state index is 0.210. The fourth-order valence-corrected chi connectivity index (χ4v) is 1.68. The summed E-state index contributed by atoms with van der Waals surface area (Å²) in [6.07, 6.45) is 6.25. The number of nitrogen functional groups attached to an aromatic ring is 1. The average molecular weight is 217 g/mol. The molecule has 0 spiro atoms. The van der Waals surface area contributed by atoms with E-state index >= 15 is 0 Å². The molecule has 1 unspecified atom stereocenters. The Hall–Kier alpha value is -1.95. The molecule has 1 saturated carbocycles. The third kappa shape index (κ3) is 1.43. The standard InChI is InChI=1S/C10H11N5O/c11-10-12-2-8-9(14-10)13-5-15(8)3-6-1-7(6)4-16/h2-3,5,7,16H,1,4H2,(H2,11,12,14)/b6-3+. The third-order valence-electron chi connectivity index (χ3n) is 2.72. The van der Waals surface area contributed by atoms with Gasteiger partial charge in [-0.25, -0.2) is 9.97 Å². The number of hydrogen-bond donors (Lipinski definition) is 2. The van der Waals surface area contributed by atoms with E-state index in [9.17, 15) is 0 Å². The highest BCUT2D eigenvalue weighted by Crippen LogP contribution is 2.37. The zero-order chi connectivity index (χ0) is 11.1. The summed E-state index contributed by atoms with van der Waals surface area (Å²) in [5.41, 5.74) is 8.10. The molecule has 2 aromatic heterocycles. The summed E-state index contributed by atoms with van der Waals surface area (Å²) in [6, 6.07) is 0. The first kappa shape index (κ1) is 9.29. The van der Waals surface area contributed by atoms with Gasteiger partial charge in [-0.2, -0.15) is 4.98 Å². The van der Waals surface area contributed by atoms with Crippen LogP contribution in [-0.2, 0) is 0 Å². The van der Waals surface area contributed by atoms with Crippen molar-refractivity contribution in [3.63, 3.8) is 0 Å². The second-order valence-corrected chi connectivity index (χ2v) is 3.88. The minimum atomic E-state index is 0.210. The maximum atomic E-state index is 8.95. The van der Waals surface area contributed by atoms with Gasteiger partial charge in [0, 0.05) is 18.7 Å². The molecule has 2 heterocycles. The lowest BCUT2D eigenvalue weighted by Gasteiger charge is -1.95. The van der Waals surface area contributed by atoms with Crippen molar-refractivity contribution in [2.75, 3.05) is 12.3 Å². The van der Waals surface area contributed by atoms with Crippen molar-refractivity contribution >= 4 is 23.3 Å². The molecule has 82 valence electrons. The molecular formula is C10H11N5O. The second kappa shape index (κ2) is 3.28. The number of imidazole rings is 1. The van der Waals surface area contributed by atoms with Crippen LogP contribution >= 0.6 is 0 Å². The Morgan fingerprint density at radius 2 is 2.44 bits per heavy atom. The van der Waals surface area contributed by atoms with E-state index < -0.39 is 0 Å². The van der Waals surface area contributed by atoms with Gasteiger partial charge in [0.25, 0.3) is 0 Å². The quantitative estimate of drug-likeness (QED) is 0.753. The average Bonchev–Trinajstić information content (AvgIpc) is 2.92. The fraction of sp³-hybridized carbons (Fsp3) is 0.300. The van der Waals surface area contributed by atoms with E-state index in [1.807, 2.05) is 10.8 Å². The van der Waals surface area contributed by atoms with Crippen LogP contribution in [0.15, 0.2) is 18.1 Å². The van der Waals surface area contributed by atoms with Crippen molar-refractivity contribution in [2.24, 2.45) is 5.92 Å². The SMILES string of the molecule is Nc1ncc2c(ncn2/C=C2\CC2CO)n1. The minimum Gasteiger partial charge on any atom is -0.396 e. The summed E-state index contributed by atoms with van der Waals surface area (Å²) >= 11 is 0. The van der Waals surface area contributed by atoms with Crippen LogP contribution in [0.2, 0.25) is 0 Å². The number of aliphatic hydroxyl groups is 1. The lowest BCUT2D eigenvalue weighted by atomic mass is 10.4. The molecule has 16 heavy (non-hydrogen) atoms. The summed E-state index contributed by atoms with van der Waals surface area (Å²) in [5.74, 6) is 0.539. The number of nitrogens with two attached hydrogens (primary N) is 1. The highest BCUT2D eigenvalue weighted by molar-refractivity contribution is 5.73. The molecular weight excluding hydrogens is 206 g/mol. The number of fused-ring (bicyclic) bond motifs is 1. The van der Waals surface area contributed by atoms with E-state index in [2.05, 4.69) is 15.0 Å². The van der Waals surface area contributed by atoms with Crippen molar-refractivity contribution in [1.82, 2.24) is 19.5 Å². The van der Waals surface area contributed by atoms with Crippen LogP contribution in [-0.4, -0.2) is 31.2 Å². The van der Waals surface area contributed by atoms with Crippen molar-refractivity contribution in [3.05, 3.63) is 18.1 Å². The maximum absolute atomic E-state index is 8.95. The van der Waals surface area contributed by atoms with E-state index in [1.165, 1.54) is 5.57 Å². The number of anilines is 1. The van der Waals surface area contributed by atoms with E-state index in [0.29, 0.717) is 11.6 Å². The van der Waals surface area contributed by atoms with Crippen LogP contribution in [0, 0.1) is 5.92 Å². The van der Waals surface area contributed by atoms with Gasteiger partial charge in [-0.15, -0.1) is 0 Å². The van der Waals surface area contributed by atoms with Gasteiger partial charge in [-0.1, -0.05) is 0 Å². The molecule has 1 atom stereocenters. The van der Waals surface area contributed by atoms with Crippen molar-refractivity contribution in [1.29, 1.82) is 0 Å². The van der Waals surface area contributed by atoms with E-state index in [-0.39, 0.29) is 12.6 Å². The molecule has 0 aliphatic heterocycles. The monoisotopic (exact) mass is 217 g/mol. The topological polar surface area (TPSA) is 89.8 Å². The lowest BCUT2D eigenvalue weighted by molar-refractivity contribution is 0.281. The van der Waals surface area contributed by atoms with Crippen LogP contribution in [0.5, 0.6) is 0 Å². The summed E-state index contributed by atoms with van der Waals surface area (Å²) < 4.78 is 1.86. The van der Waals surface area contributed by atoms with Crippen LogP contribution in [0.1, 0.15) is 6.42 Å². The van der Waals surface area contributed by atoms with Gasteiger partial charge in [0.05, 0.1) is 6.20 Å². The van der Waals surface area contributed by atoms with Gasteiger partial charge in [-0.05, 0) is 12.0 Å². The zero-order valence-corrected chi connectivity index (χ0v) is 8.54. The van der Waals surface area contributed by atoms with Gasteiger partial charge in [0.2, 0.25) is 5.95 Å². The predicted octanol–water partition coefficient (Wildman–Crippen LogP) is 0.262. The smallest absolute Gasteiger partial charge is 0.222 e. The number of rotatable bonds is 2. The Morgan fingerprint density at radius 3 is 3.19 bits per heavy atom. The molecule has 0 radical (unpaired) electrons. The van der Waals surface area contributed by atoms with E-state index in [4.69, 9.17) is 10.8 Å². The highest BCUT2D eigenvalue weighted by Gasteiger charge is 2.28. The van der Waals surface area contributed by atoms with Crippen molar-refractivity contribution in [3.8, 4) is 0 Å². The van der Waals surface area contributed by atoms with Gasteiger partial charge >= 0.3 is 0 Å². The summed E-state index contributed by atoms with van der Waals surface area (Å²) in [7, 11) is 0. The summed E-state index contributed by atoms with van der Waals surface area (Å²) in [5, 5.41) is 8.95. The number of aromatic nitrogens is 4. The molecule has 6 heteroatoms. The number of aliphatic hydroxyl groups excluding tert-OH is 1. The van der Waals surface area contributed by atoms with Crippen LogP contribution < -0.4 is 5.73 Å². The first-order valence-corrected chi connectivity index (χ1v) is 5.04. The first-order valence-electron chi connectivity index (χ1n) is 5.04. The highest BCUT2D eigenvalue weighted by atomic mass is 16.3.